The van der Waals surface area contributed by atoms with Crippen LogP contribution in [0.5, 0.6) is 0 Å². The number of hydrogen-bond donors (Lipinski definition) is 2. The number of amides is 2. The molecule has 1 spiro atoms. The van der Waals surface area contributed by atoms with E-state index in [4.69, 9.17) is 18.9 Å². The van der Waals surface area contributed by atoms with E-state index in [1.807, 2.05) is 46.0 Å². The number of esters is 1. The standard InChI is InChI=1S/C34H53N3O9/c1-24(21-44-32(41)37-15-7-13-34(37)22-43-23-34)8-6-9-25(2)30-26(3)10-11-28(45-31(40)36-18-16-35(5)17-19-36)33(4,42)14-12-27(38)20-29(39)46-30/h6,8-11,24,26-28,30,38,42H,7,12-23H2,1-5H3/b8-6+,11-10+,25-9+/t24-,26+,27+,28+,30-,33+/m1/s1. The largest absolute Gasteiger partial charge is 0.457 e. The maximum absolute atomic E-state index is 13.0. The monoisotopic (exact) mass is 647 g/mol. The van der Waals surface area contributed by atoms with Crippen molar-refractivity contribution < 1.29 is 43.5 Å². The maximum Gasteiger partial charge on any atom is 0.410 e. The van der Waals surface area contributed by atoms with Crippen LogP contribution in [-0.4, -0.2) is 132 Å². The van der Waals surface area contributed by atoms with Gasteiger partial charge in [0.1, 0.15) is 11.7 Å². The SMILES string of the molecule is C/C(=C\C=C\[C@@H](C)COC(=O)N1CCCC12COC2)[C@H]1OC(=O)C[C@@H](O)CC[C@](C)(O)[C@@H](OC(=O)N2CCN(C)CC2)/C=C/[C@@H]1C. The smallest absolute Gasteiger partial charge is 0.410 e. The third-order valence-corrected chi connectivity index (χ3v) is 9.59. The van der Waals surface area contributed by atoms with E-state index >= 15 is 0 Å². The number of allylic oxidation sites excluding steroid dienone is 2. The van der Waals surface area contributed by atoms with Crippen LogP contribution in [0.1, 0.15) is 59.8 Å². The number of cyclic esters (lactones) is 1. The number of ether oxygens (including phenoxy) is 4. The second-order valence-corrected chi connectivity index (χ2v) is 13.8. The van der Waals surface area contributed by atoms with Crippen molar-refractivity contribution in [3.8, 4) is 0 Å². The number of carbonyl (C=O) groups is 3. The minimum absolute atomic E-state index is 0.0477. The second kappa shape index (κ2) is 15.8. The van der Waals surface area contributed by atoms with Crippen LogP contribution in [0.25, 0.3) is 0 Å². The fourth-order valence-corrected chi connectivity index (χ4v) is 6.31. The summed E-state index contributed by atoms with van der Waals surface area (Å²) >= 11 is 0. The van der Waals surface area contributed by atoms with E-state index in [1.54, 1.807) is 28.9 Å². The predicted molar refractivity (Wildman–Crippen MR) is 171 cm³/mol. The molecule has 0 unspecified atom stereocenters. The van der Waals surface area contributed by atoms with E-state index in [0.717, 1.165) is 31.5 Å². The molecule has 46 heavy (non-hydrogen) atoms. The molecule has 0 aliphatic carbocycles. The van der Waals surface area contributed by atoms with Crippen LogP contribution in [0.2, 0.25) is 0 Å². The summed E-state index contributed by atoms with van der Waals surface area (Å²) < 4.78 is 22.7. The summed E-state index contributed by atoms with van der Waals surface area (Å²) in [5, 5.41) is 21.9. The van der Waals surface area contributed by atoms with Gasteiger partial charge in [0.25, 0.3) is 0 Å². The van der Waals surface area contributed by atoms with Crippen LogP contribution in [-0.2, 0) is 23.7 Å². The molecule has 4 heterocycles. The average molecular weight is 648 g/mol. The van der Waals surface area contributed by atoms with Crippen molar-refractivity contribution in [3.05, 3.63) is 36.0 Å². The number of nitrogens with zero attached hydrogens (tertiary/aromatic N) is 3. The molecule has 4 aliphatic heterocycles. The Labute approximate surface area is 272 Å². The number of piperazine rings is 1. The lowest BCUT2D eigenvalue weighted by Gasteiger charge is -2.44. The van der Waals surface area contributed by atoms with Crippen molar-refractivity contribution in [2.45, 2.75) is 89.3 Å². The van der Waals surface area contributed by atoms with E-state index in [9.17, 15) is 24.6 Å². The molecule has 6 atom stereocenters. The highest BCUT2D eigenvalue weighted by Gasteiger charge is 2.50. The summed E-state index contributed by atoms with van der Waals surface area (Å²) in [6.07, 6.45) is 7.57. The third kappa shape index (κ3) is 9.33. The normalized spacial score (nSPS) is 32.7. The summed E-state index contributed by atoms with van der Waals surface area (Å²) in [5.74, 6) is -0.925. The number of aliphatic hydroxyl groups is 2. The van der Waals surface area contributed by atoms with Gasteiger partial charge in [0.15, 0.2) is 6.10 Å². The first kappa shape index (κ1) is 35.9. The summed E-state index contributed by atoms with van der Waals surface area (Å²) in [7, 11) is 2.00. The van der Waals surface area contributed by atoms with Gasteiger partial charge in [0.2, 0.25) is 0 Å². The van der Waals surface area contributed by atoms with Gasteiger partial charge in [0.05, 0.1) is 37.9 Å². The van der Waals surface area contributed by atoms with Crippen molar-refractivity contribution in [2.24, 2.45) is 11.8 Å². The summed E-state index contributed by atoms with van der Waals surface area (Å²) in [5.41, 5.74) is -0.893. The van der Waals surface area contributed by atoms with Crippen molar-refractivity contribution in [1.29, 1.82) is 0 Å². The van der Waals surface area contributed by atoms with Crippen LogP contribution in [0.4, 0.5) is 9.59 Å². The molecule has 0 aromatic rings. The number of hydrogen-bond acceptors (Lipinski definition) is 10. The van der Waals surface area contributed by atoms with Gasteiger partial charge in [-0.2, -0.15) is 0 Å². The quantitative estimate of drug-likeness (QED) is 0.191. The molecular weight excluding hydrogens is 594 g/mol. The minimum Gasteiger partial charge on any atom is -0.457 e. The van der Waals surface area contributed by atoms with Crippen molar-refractivity contribution in [2.75, 3.05) is 59.6 Å². The molecule has 2 amide bonds. The Hall–Kier alpha value is -2.93. The molecule has 0 aromatic carbocycles. The Bertz CT molecular complexity index is 1160. The summed E-state index contributed by atoms with van der Waals surface area (Å²) in [6.45, 7) is 11.9. The lowest BCUT2D eigenvalue weighted by Crippen LogP contribution is -2.60. The fraction of sp³-hybridized carbons (Fsp3) is 0.735. The van der Waals surface area contributed by atoms with Gasteiger partial charge in [-0.05, 0) is 58.2 Å². The van der Waals surface area contributed by atoms with E-state index in [2.05, 4.69) is 4.90 Å². The molecule has 12 heteroatoms. The summed E-state index contributed by atoms with van der Waals surface area (Å²) in [4.78, 5) is 44.1. The molecule has 0 radical (unpaired) electrons. The average Bonchev–Trinajstić information content (AvgIpc) is 3.46. The highest BCUT2D eigenvalue weighted by molar-refractivity contribution is 5.71. The first-order chi connectivity index (χ1) is 21.8. The van der Waals surface area contributed by atoms with Gasteiger partial charge in [-0.1, -0.05) is 38.2 Å². The second-order valence-electron chi connectivity index (χ2n) is 13.8. The highest BCUT2D eigenvalue weighted by atomic mass is 16.6. The molecule has 3 saturated heterocycles. The van der Waals surface area contributed by atoms with Gasteiger partial charge in [0, 0.05) is 44.6 Å². The van der Waals surface area contributed by atoms with E-state index in [0.29, 0.717) is 32.8 Å². The van der Waals surface area contributed by atoms with Crippen LogP contribution in [0, 0.1) is 11.8 Å². The number of carbonyl (C=O) groups excluding carboxylic acids is 3. The summed E-state index contributed by atoms with van der Waals surface area (Å²) in [6, 6.07) is 0. The Kier molecular flexibility index (Phi) is 12.3. The zero-order chi connectivity index (χ0) is 33.5. The molecule has 2 N–H and O–H groups in total. The fourth-order valence-electron chi connectivity index (χ4n) is 6.31. The lowest BCUT2D eigenvalue weighted by molar-refractivity contribution is -0.151. The molecule has 3 fully saturated rings. The zero-order valence-electron chi connectivity index (χ0n) is 28.1. The highest BCUT2D eigenvalue weighted by Crippen LogP contribution is 2.36. The Morgan fingerprint density at radius 3 is 2.52 bits per heavy atom. The first-order valence-corrected chi connectivity index (χ1v) is 16.6. The van der Waals surface area contributed by atoms with Gasteiger partial charge in [-0.3, -0.25) is 9.69 Å². The molecule has 4 aliphatic rings. The molecule has 0 saturated carbocycles. The molecule has 0 aromatic heterocycles. The van der Waals surface area contributed by atoms with Crippen LogP contribution in [0.3, 0.4) is 0 Å². The Morgan fingerprint density at radius 1 is 1.13 bits per heavy atom. The van der Waals surface area contributed by atoms with E-state index in [-0.39, 0.29) is 49.3 Å². The zero-order valence-corrected chi connectivity index (χ0v) is 28.1. The molecular formula is C34H53N3O9. The minimum atomic E-state index is -1.47. The Morgan fingerprint density at radius 2 is 1.85 bits per heavy atom. The number of likely N-dealkylation sites (tertiary alicyclic amines) is 1. The molecule has 0 bridgehead atoms. The van der Waals surface area contributed by atoms with Gasteiger partial charge in [-0.15, -0.1) is 0 Å². The van der Waals surface area contributed by atoms with Gasteiger partial charge < -0.3 is 39.0 Å². The molecule has 4 rings (SSSR count). The topological polar surface area (TPSA) is 138 Å². The number of rotatable bonds is 6. The van der Waals surface area contributed by atoms with Crippen molar-refractivity contribution >= 4 is 18.2 Å². The van der Waals surface area contributed by atoms with E-state index in [1.165, 1.54) is 0 Å². The molecule has 12 nitrogen and oxygen atoms in total. The van der Waals surface area contributed by atoms with Crippen molar-refractivity contribution in [3.63, 3.8) is 0 Å². The van der Waals surface area contributed by atoms with E-state index < -0.39 is 36.0 Å². The van der Waals surface area contributed by atoms with Gasteiger partial charge in [-0.25, -0.2) is 9.59 Å². The predicted octanol–water partition coefficient (Wildman–Crippen LogP) is 3.28. The van der Waals surface area contributed by atoms with Crippen LogP contribution in [0.15, 0.2) is 36.0 Å². The van der Waals surface area contributed by atoms with Gasteiger partial charge >= 0.3 is 18.2 Å². The number of likely N-dealkylation sites (N-methyl/N-ethyl adjacent to an activating group) is 1. The van der Waals surface area contributed by atoms with Crippen molar-refractivity contribution in [1.82, 2.24) is 14.7 Å². The third-order valence-electron chi connectivity index (χ3n) is 9.59. The van der Waals surface area contributed by atoms with Crippen LogP contribution < -0.4 is 0 Å². The number of aliphatic hydroxyl groups excluding tert-OH is 1. The lowest BCUT2D eigenvalue weighted by atomic mass is 9.89. The maximum atomic E-state index is 13.0. The van der Waals surface area contributed by atoms with Crippen LogP contribution >= 0.6 is 0 Å². The molecule has 258 valence electrons. The first-order valence-electron chi connectivity index (χ1n) is 16.6. The Balaban J connectivity index is 1.41.